The van der Waals surface area contributed by atoms with E-state index in [4.69, 9.17) is 10.5 Å². The molecule has 1 fully saturated rings. The average Bonchev–Trinajstić information content (AvgIpc) is 1.77. The largest absolute Gasteiger partial charge is 0.388 e. The third-order valence-corrected chi connectivity index (χ3v) is 1.85. The van der Waals surface area contributed by atoms with Crippen molar-refractivity contribution in [3.8, 4) is 0 Å². The number of hydrogen-bond acceptors (Lipinski definition) is 3. The Balaban J connectivity index is 0.000000810. The van der Waals surface area contributed by atoms with Crippen LogP contribution in [-0.2, 0) is 4.74 Å². The van der Waals surface area contributed by atoms with Crippen molar-refractivity contribution >= 4 is 12.4 Å². The van der Waals surface area contributed by atoms with E-state index in [2.05, 4.69) is 0 Å². The topological polar surface area (TPSA) is 55.5 Å². The Morgan fingerprint density at radius 3 is 2.60 bits per heavy atom. The zero-order chi connectivity index (χ0) is 6.91. The monoisotopic (exact) mass is 167 g/mol. The zero-order valence-corrected chi connectivity index (χ0v) is 6.86. The van der Waals surface area contributed by atoms with Crippen molar-refractivity contribution in [1.29, 1.82) is 0 Å². The fraction of sp³-hybridized carbons (Fsp3) is 1.00. The Hall–Kier alpha value is 0.170. The standard InChI is InChI=1S/C6H13NO2.ClH/c1-6(8)2-3-9-4-5(6)7;/h5,8H,2-4,7H2,1H3;1H. The SMILES string of the molecule is CC1(O)CCOCC1N.Cl. The van der Waals surface area contributed by atoms with Gasteiger partial charge in [0.2, 0.25) is 0 Å². The van der Waals surface area contributed by atoms with Crippen LogP contribution in [0.5, 0.6) is 0 Å². The number of rotatable bonds is 0. The third-order valence-electron chi connectivity index (χ3n) is 1.85. The molecule has 1 saturated heterocycles. The van der Waals surface area contributed by atoms with Gasteiger partial charge in [-0.2, -0.15) is 0 Å². The number of nitrogens with two attached hydrogens (primary N) is 1. The molecule has 0 saturated carbocycles. The molecule has 0 radical (unpaired) electrons. The Bertz CT molecular complexity index is 108. The summed E-state index contributed by atoms with van der Waals surface area (Å²) in [5.41, 5.74) is 4.83. The number of aliphatic hydroxyl groups is 1. The normalized spacial score (nSPS) is 40.5. The molecule has 3 nitrogen and oxygen atoms in total. The van der Waals surface area contributed by atoms with Crippen molar-refractivity contribution in [1.82, 2.24) is 0 Å². The van der Waals surface area contributed by atoms with Crippen LogP contribution in [-0.4, -0.2) is 30.0 Å². The first-order chi connectivity index (χ1) is 4.13. The van der Waals surface area contributed by atoms with E-state index in [-0.39, 0.29) is 18.4 Å². The summed E-state index contributed by atoms with van der Waals surface area (Å²) in [6.45, 7) is 2.86. The van der Waals surface area contributed by atoms with Gasteiger partial charge in [0.25, 0.3) is 0 Å². The van der Waals surface area contributed by atoms with Crippen molar-refractivity contribution in [2.24, 2.45) is 5.73 Å². The lowest BCUT2D eigenvalue weighted by Gasteiger charge is -2.34. The van der Waals surface area contributed by atoms with Gasteiger partial charge in [-0.25, -0.2) is 0 Å². The van der Waals surface area contributed by atoms with Gasteiger partial charge in [-0.05, 0) is 6.92 Å². The molecule has 1 rings (SSSR count). The lowest BCUT2D eigenvalue weighted by molar-refractivity contribution is -0.0678. The van der Waals surface area contributed by atoms with Gasteiger partial charge < -0.3 is 15.6 Å². The maximum Gasteiger partial charge on any atom is 0.0814 e. The van der Waals surface area contributed by atoms with Crippen LogP contribution in [0.1, 0.15) is 13.3 Å². The summed E-state index contributed by atoms with van der Waals surface area (Å²) in [5.74, 6) is 0. The van der Waals surface area contributed by atoms with Gasteiger partial charge in [0.1, 0.15) is 0 Å². The van der Waals surface area contributed by atoms with Gasteiger partial charge in [0, 0.05) is 13.0 Å². The van der Waals surface area contributed by atoms with E-state index in [0.29, 0.717) is 19.6 Å². The van der Waals surface area contributed by atoms with Crippen LogP contribution in [0.4, 0.5) is 0 Å². The van der Waals surface area contributed by atoms with Gasteiger partial charge in [0.15, 0.2) is 0 Å². The minimum absolute atomic E-state index is 0. The molecule has 2 atom stereocenters. The van der Waals surface area contributed by atoms with Crippen LogP contribution in [0.2, 0.25) is 0 Å². The molecule has 0 spiro atoms. The Labute approximate surface area is 67.0 Å². The summed E-state index contributed by atoms with van der Waals surface area (Å²) in [7, 11) is 0. The van der Waals surface area contributed by atoms with Crippen LogP contribution in [0.3, 0.4) is 0 Å². The number of hydrogen-bond donors (Lipinski definition) is 2. The highest BCUT2D eigenvalue weighted by atomic mass is 35.5. The molecule has 1 aliphatic rings. The molecule has 62 valence electrons. The summed E-state index contributed by atoms with van der Waals surface area (Å²) >= 11 is 0. The molecule has 0 amide bonds. The van der Waals surface area contributed by atoms with Gasteiger partial charge in [-0.3, -0.25) is 0 Å². The smallest absolute Gasteiger partial charge is 0.0814 e. The Morgan fingerprint density at radius 1 is 1.70 bits per heavy atom. The van der Waals surface area contributed by atoms with Gasteiger partial charge in [0.05, 0.1) is 18.2 Å². The molecule has 2 unspecified atom stereocenters. The maximum absolute atomic E-state index is 9.44. The predicted octanol–water partition coefficient (Wildman–Crippen LogP) is -0.0932. The highest BCUT2D eigenvalue weighted by Gasteiger charge is 2.31. The first kappa shape index (κ1) is 10.2. The first-order valence-electron chi connectivity index (χ1n) is 3.18. The summed E-state index contributed by atoms with van der Waals surface area (Å²) in [4.78, 5) is 0. The van der Waals surface area contributed by atoms with Gasteiger partial charge in [-0.1, -0.05) is 0 Å². The first-order valence-corrected chi connectivity index (χ1v) is 3.18. The van der Waals surface area contributed by atoms with E-state index in [1.54, 1.807) is 6.92 Å². The van der Waals surface area contributed by atoms with E-state index in [1.165, 1.54) is 0 Å². The van der Waals surface area contributed by atoms with Crippen LogP contribution in [0.15, 0.2) is 0 Å². The number of ether oxygens (including phenoxy) is 1. The van der Waals surface area contributed by atoms with E-state index >= 15 is 0 Å². The molecular weight excluding hydrogens is 154 g/mol. The molecular formula is C6H14ClNO2. The molecule has 10 heavy (non-hydrogen) atoms. The van der Waals surface area contributed by atoms with Crippen LogP contribution >= 0.6 is 12.4 Å². The minimum Gasteiger partial charge on any atom is -0.388 e. The molecule has 4 heteroatoms. The van der Waals surface area contributed by atoms with Gasteiger partial charge >= 0.3 is 0 Å². The lowest BCUT2D eigenvalue weighted by Crippen LogP contribution is -2.52. The van der Waals surface area contributed by atoms with E-state index < -0.39 is 5.60 Å². The average molecular weight is 168 g/mol. The zero-order valence-electron chi connectivity index (χ0n) is 6.04. The molecule has 1 aliphatic heterocycles. The van der Waals surface area contributed by atoms with Crippen molar-refractivity contribution in [2.45, 2.75) is 25.0 Å². The molecule has 0 aromatic carbocycles. The summed E-state index contributed by atoms with van der Waals surface area (Å²) in [6.07, 6.45) is 0.647. The summed E-state index contributed by atoms with van der Waals surface area (Å²) in [6, 6.07) is -0.216. The quantitative estimate of drug-likeness (QED) is 0.530. The lowest BCUT2D eigenvalue weighted by atomic mass is 9.93. The molecule has 1 heterocycles. The molecule has 0 bridgehead atoms. The second-order valence-electron chi connectivity index (χ2n) is 2.79. The maximum atomic E-state index is 9.44. The predicted molar refractivity (Wildman–Crippen MR) is 41.3 cm³/mol. The molecule has 0 aromatic heterocycles. The van der Waals surface area contributed by atoms with Crippen molar-refractivity contribution in [2.75, 3.05) is 13.2 Å². The van der Waals surface area contributed by atoms with Gasteiger partial charge in [-0.15, -0.1) is 12.4 Å². The minimum atomic E-state index is -0.710. The molecule has 0 aromatic rings. The van der Waals surface area contributed by atoms with Crippen molar-refractivity contribution in [3.05, 3.63) is 0 Å². The van der Waals surface area contributed by atoms with E-state index in [1.807, 2.05) is 0 Å². The van der Waals surface area contributed by atoms with E-state index in [0.717, 1.165) is 0 Å². The van der Waals surface area contributed by atoms with Crippen LogP contribution < -0.4 is 5.73 Å². The highest BCUT2D eigenvalue weighted by molar-refractivity contribution is 5.85. The summed E-state index contributed by atoms with van der Waals surface area (Å²) in [5, 5.41) is 9.44. The fourth-order valence-corrected chi connectivity index (χ4v) is 0.854. The van der Waals surface area contributed by atoms with Crippen molar-refractivity contribution in [3.63, 3.8) is 0 Å². The van der Waals surface area contributed by atoms with Crippen LogP contribution in [0, 0.1) is 0 Å². The Kier molecular flexibility index (Phi) is 3.59. The Morgan fingerprint density at radius 2 is 2.30 bits per heavy atom. The summed E-state index contributed by atoms with van der Waals surface area (Å²) < 4.78 is 5.03. The van der Waals surface area contributed by atoms with Crippen LogP contribution in [0.25, 0.3) is 0 Å². The second kappa shape index (κ2) is 3.53. The second-order valence-corrected chi connectivity index (χ2v) is 2.79. The fourth-order valence-electron chi connectivity index (χ4n) is 0.854. The third kappa shape index (κ3) is 2.09. The molecule has 3 N–H and O–H groups in total. The van der Waals surface area contributed by atoms with E-state index in [9.17, 15) is 5.11 Å². The highest BCUT2D eigenvalue weighted by Crippen LogP contribution is 2.17. The number of halogens is 1. The molecule has 0 aliphatic carbocycles. The van der Waals surface area contributed by atoms with Crippen molar-refractivity contribution < 1.29 is 9.84 Å².